The molecule has 0 atom stereocenters. The zero-order chi connectivity index (χ0) is 11.3. The fourth-order valence-electron chi connectivity index (χ4n) is 0.948. The van der Waals surface area contributed by atoms with E-state index in [0.29, 0.717) is 5.69 Å². The number of aromatic nitrogens is 1. The Morgan fingerprint density at radius 1 is 1.47 bits per heavy atom. The molecule has 1 aromatic rings. The van der Waals surface area contributed by atoms with Gasteiger partial charge in [-0.05, 0) is 12.1 Å². The third-order valence-corrected chi connectivity index (χ3v) is 1.79. The molecule has 1 heterocycles. The topological polar surface area (TPSA) is 108 Å². The van der Waals surface area contributed by atoms with E-state index in [1.165, 1.54) is 12.3 Å². The van der Waals surface area contributed by atoms with Crippen LogP contribution in [0, 0.1) is 0 Å². The molecule has 0 radical (unpaired) electrons. The summed E-state index contributed by atoms with van der Waals surface area (Å²) in [6, 6.07) is 2.35. The zero-order valence-corrected chi connectivity index (χ0v) is 8.05. The molecule has 0 saturated carbocycles. The van der Waals surface area contributed by atoms with E-state index in [9.17, 15) is 4.79 Å². The van der Waals surface area contributed by atoms with E-state index in [0.717, 1.165) is 0 Å². The molecule has 6 nitrogen and oxygen atoms in total. The average Bonchev–Trinajstić information content (AvgIpc) is 2.26. The minimum Gasteiger partial charge on any atom is -0.397 e. The lowest BCUT2D eigenvalue weighted by molar-refractivity contribution is 0.0874. The predicted octanol–water partition coefficient (Wildman–Crippen LogP) is -1.25. The van der Waals surface area contributed by atoms with Gasteiger partial charge in [-0.3, -0.25) is 4.79 Å². The van der Waals surface area contributed by atoms with Gasteiger partial charge < -0.3 is 21.3 Å². The lowest BCUT2D eigenvalue weighted by atomic mass is 10.3. The van der Waals surface area contributed by atoms with Gasteiger partial charge in [-0.1, -0.05) is 0 Å². The Morgan fingerprint density at radius 2 is 2.13 bits per heavy atom. The number of rotatable bonds is 4. The molecular weight excluding hydrogens is 198 g/mol. The first-order valence-corrected chi connectivity index (χ1v) is 4.41. The van der Waals surface area contributed by atoms with Crippen LogP contribution in [0.3, 0.4) is 0 Å². The molecule has 5 N–H and O–H groups in total. The van der Waals surface area contributed by atoms with Gasteiger partial charge >= 0.3 is 0 Å². The Morgan fingerprint density at radius 3 is 2.60 bits per heavy atom. The van der Waals surface area contributed by atoms with Gasteiger partial charge in [0.1, 0.15) is 5.69 Å². The first kappa shape index (κ1) is 11.4. The van der Waals surface area contributed by atoms with E-state index >= 15 is 0 Å². The minimum absolute atomic E-state index is 0.191. The summed E-state index contributed by atoms with van der Waals surface area (Å²) in [5.41, 5.74) is 6.06. The lowest BCUT2D eigenvalue weighted by Gasteiger charge is -2.12. The molecule has 82 valence electrons. The molecule has 0 spiro atoms. The molecule has 0 aliphatic carbocycles. The van der Waals surface area contributed by atoms with Crippen molar-refractivity contribution < 1.29 is 15.0 Å². The summed E-state index contributed by atoms with van der Waals surface area (Å²) >= 11 is 0. The summed E-state index contributed by atoms with van der Waals surface area (Å²) in [5, 5.41) is 19.9. The summed E-state index contributed by atoms with van der Waals surface area (Å²) in [7, 11) is 0. The highest BCUT2D eigenvalue weighted by molar-refractivity contribution is 5.92. The number of aliphatic hydroxyl groups is 2. The highest BCUT2D eigenvalue weighted by Crippen LogP contribution is 2.01. The normalized spacial score (nSPS) is 10.3. The maximum absolute atomic E-state index is 11.4. The number of anilines is 1. The number of aliphatic hydroxyl groups excluding tert-OH is 2. The molecule has 6 heteroatoms. The van der Waals surface area contributed by atoms with Crippen LogP contribution in [0.4, 0.5) is 5.69 Å². The van der Waals surface area contributed by atoms with Crippen molar-refractivity contribution in [3.05, 3.63) is 24.0 Å². The molecular formula is C9H13N3O3. The molecule has 0 aliphatic heterocycles. The molecule has 15 heavy (non-hydrogen) atoms. The number of nitrogens with zero attached hydrogens (tertiary/aromatic N) is 1. The summed E-state index contributed by atoms with van der Waals surface area (Å²) in [4.78, 5) is 15.2. The Kier molecular flexibility index (Phi) is 4.02. The summed E-state index contributed by atoms with van der Waals surface area (Å²) in [6.07, 6.45) is 1.36. The van der Waals surface area contributed by atoms with E-state index in [1.807, 2.05) is 0 Å². The molecule has 0 unspecified atom stereocenters. The van der Waals surface area contributed by atoms with Crippen LogP contribution in [0.5, 0.6) is 0 Å². The van der Waals surface area contributed by atoms with Crippen molar-refractivity contribution in [2.75, 3.05) is 18.9 Å². The van der Waals surface area contributed by atoms with Crippen molar-refractivity contribution in [3.63, 3.8) is 0 Å². The van der Waals surface area contributed by atoms with Gasteiger partial charge in [0.15, 0.2) is 0 Å². The molecule has 0 aromatic carbocycles. The average molecular weight is 211 g/mol. The van der Waals surface area contributed by atoms with Crippen LogP contribution >= 0.6 is 0 Å². The van der Waals surface area contributed by atoms with Crippen LogP contribution in [0.1, 0.15) is 10.5 Å². The number of amides is 1. The van der Waals surface area contributed by atoms with Gasteiger partial charge in [-0.25, -0.2) is 4.98 Å². The van der Waals surface area contributed by atoms with Crippen LogP contribution in [-0.4, -0.2) is 40.4 Å². The molecule has 0 bridgehead atoms. The molecule has 1 rings (SSSR count). The second-order valence-corrected chi connectivity index (χ2v) is 3.01. The monoisotopic (exact) mass is 211 g/mol. The molecule has 1 aromatic heterocycles. The van der Waals surface area contributed by atoms with E-state index in [1.54, 1.807) is 6.07 Å². The van der Waals surface area contributed by atoms with Crippen molar-refractivity contribution in [2.24, 2.45) is 0 Å². The van der Waals surface area contributed by atoms with E-state index in [2.05, 4.69) is 10.3 Å². The minimum atomic E-state index is -0.670. The molecule has 0 aliphatic rings. The zero-order valence-electron chi connectivity index (χ0n) is 8.05. The molecule has 0 fully saturated rings. The van der Waals surface area contributed by atoms with E-state index in [-0.39, 0.29) is 18.9 Å². The Hall–Kier alpha value is -1.66. The van der Waals surface area contributed by atoms with Crippen molar-refractivity contribution in [2.45, 2.75) is 6.04 Å². The number of hydrogen-bond acceptors (Lipinski definition) is 5. The standard InChI is InChI=1S/C9H13N3O3/c10-6-1-2-8(11-3-6)9(15)12-7(4-13)5-14/h1-3,7,13-14H,4-5,10H2,(H,12,15). The number of pyridine rings is 1. The Balaban J connectivity index is 2.64. The summed E-state index contributed by atoms with van der Waals surface area (Å²) in [5.74, 6) is -0.455. The number of nitrogens with one attached hydrogen (secondary N) is 1. The lowest BCUT2D eigenvalue weighted by Crippen LogP contribution is -2.40. The number of carbonyl (C=O) groups excluding carboxylic acids is 1. The number of nitrogen functional groups attached to an aromatic ring is 1. The number of carbonyl (C=O) groups is 1. The van der Waals surface area contributed by atoms with Crippen molar-refractivity contribution in [1.82, 2.24) is 10.3 Å². The maximum atomic E-state index is 11.4. The molecule has 0 saturated heterocycles. The fraction of sp³-hybridized carbons (Fsp3) is 0.333. The van der Waals surface area contributed by atoms with Crippen LogP contribution in [0.2, 0.25) is 0 Å². The number of hydrogen-bond donors (Lipinski definition) is 4. The van der Waals surface area contributed by atoms with Crippen LogP contribution in [-0.2, 0) is 0 Å². The summed E-state index contributed by atoms with van der Waals surface area (Å²) < 4.78 is 0. The van der Waals surface area contributed by atoms with Gasteiger partial charge in [-0.2, -0.15) is 0 Å². The fourth-order valence-corrected chi connectivity index (χ4v) is 0.948. The van der Waals surface area contributed by atoms with Gasteiger partial charge in [0, 0.05) is 0 Å². The van der Waals surface area contributed by atoms with Crippen LogP contribution in [0.25, 0.3) is 0 Å². The number of nitrogens with two attached hydrogens (primary N) is 1. The largest absolute Gasteiger partial charge is 0.397 e. The van der Waals surface area contributed by atoms with Gasteiger partial charge in [0.05, 0.1) is 31.1 Å². The summed E-state index contributed by atoms with van der Waals surface area (Å²) in [6.45, 7) is -0.644. The Bertz CT molecular complexity index is 322. The van der Waals surface area contributed by atoms with Gasteiger partial charge in [0.25, 0.3) is 5.91 Å². The maximum Gasteiger partial charge on any atom is 0.270 e. The van der Waals surface area contributed by atoms with Crippen LogP contribution in [0.15, 0.2) is 18.3 Å². The highest BCUT2D eigenvalue weighted by Gasteiger charge is 2.12. The Labute approximate surface area is 86.8 Å². The van der Waals surface area contributed by atoms with Gasteiger partial charge in [0.2, 0.25) is 0 Å². The van der Waals surface area contributed by atoms with Crippen molar-refractivity contribution >= 4 is 11.6 Å². The molecule has 1 amide bonds. The SMILES string of the molecule is Nc1ccc(C(=O)NC(CO)CO)nc1. The van der Waals surface area contributed by atoms with E-state index in [4.69, 9.17) is 15.9 Å². The highest BCUT2D eigenvalue weighted by atomic mass is 16.3. The second kappa shape index (κ2) is 5.28. The predicted molar refractivity (Wildman–Crippen MR) is 54.1 cm³/mol. The van der Waals surface area contributed by atoms with Crippen molar-refractivity contribution in [1.29, 1.82) is 0 Å². The smallest absolute Gasteiger partial charge is 0.270 e. The quantitative estimate of drug-likeness (QED) is 0.497. The first-order valence-electron chi connectivity index (χ1n) is 4.41. The van der Waals surface area contributed by atoms with Crippen LogP contribution < -0.4 is 11.1 Å². The second-order valence-electron chi connectivity index (χ2n) is 3.01. The third-order valence-electron chi connectivity index (χ3n) is 1.79. The van der Waals surface area contributed by atoms with E-state index < -0.39 is 11.9 Å². The first-order chi connectivity index (χ1) is 7.17. The third kappa shape index (κ3) is 3.19. The van der Waals surface area contributed by atoms with Crippen molar-refractivity contribution in [3.8, 4) is 0 Å². The van der Waals surface area contributed by atoms with Gasteiger partial charge in [-0.15, -0.1) is 0 Å².